The summed E-state index contributed by atoms with van der Waals surface area (Å²) in [6.07, 6.45) is 0.975. The number of aliphatic hydroxyl groups excluding tert-OH is 1. The van der Waals surface area contributed by atoms with E-state index in [0.717, 1.165) is 12.3 Å². The van der Waals surface area contributed by atoms with Crippen LogP contribution in [0.5, 0.6) is 0 Å². The number of halogens is 1. The number of benzene rings is 1. The van der Waals surface area contributed by atoms with Gasteiger partial charge < -0.3 is 9.84 Å². The molecule has 7 nitrogen and oxygen atoms in total. The summed E-state index contributed by atoms with van der Waals surface area (Å²) in [5.41, 5.74) is 0. The van der Waals surface area contributed by atoms with Crippen LogP contribution in [0.3, 0.4) is 0 Å². The lowest BCUT2D eigenvalue weighted by atomic mass is 10.4. The van der Waals surface area contributed by atoms with Gasteiger partial charge >= 0.3 is 0 Å². The summed E-state index contributed by atoms with van der Waals surface area (Å²) in [4.78, 5) is -0.446. The SMILES string of the molecule is CS(=O)(=O)c1ccc(Cl)c(S(=O)(=O)NCCOCCO)c1. The van der Waals surface area contributed by atoms with Crippen LogP contribution < -0.4 is 4.72 Å². The number of ether oxygens (including phenoxy) is 1. The van der Waals surface area contributed by atoms with Crippen LogP contribution in [-0.2, 0) is 24.6 Å². The second-order valence-corrected chi connectivity index (χ2v) is 8.26. The second-order valence-electron chi connectivity index (χ2n) is 4.10. The Balaban J connectivity index is 2.92. The Kier molecular flexibility index (Phi) is 6.57. The Labute approximate surface area is 128 Å². The van der Waals surface area contributed by atoms with Crippen molar-refractivity contribution in [3.05, 3.63) is 23.2 Å². The molecule has 0 atom stereocenters. The number of nitrogens with one attached hydrogen (secondary N) is 1. The van der Waals surface area contributed by atoms with Gasteiger partial charge in [0.05, 0.1) is 29.7 Å². The lowest BCUT2D eigenvalue weighted by Crippen LogP contribution is -2.28. The first-order chi connectivity index (χ1) is 9.68. The van der Waals surface area contributed by atoms with Crippen LogP contribution in [0.1, 0.15) is 0 Å². The van der Waals surface area contributed by atoms with Crippen LogP contribution in [0.15, 0.2) is 28.0 Å². The minimum Gasteiger partial charge on any atom is -0.394 e. The fraction of sp³-hybridized carbons (Fsp3) is 0.455. The molecule has 0 fully saturated rings. The van der Waals surface area contributed by atoms with Crippen LogP contribution in [0.4, 0.5) is 0 Å². The van der Waals surface area contributed by atoms with E-state index >= 15 is 0 Å². The third-order valence-electron chi connectivity index (χ3n) is 2.39. The molecule has 0 aliphatic heterocycles. The average molecular weight is 358 g/mol. The maximum atomic E-state index is 12.1. The maximum Gasteiger partial charge on any atom is 0.242 e. The molecule has 120 valence electrons. The first-order valence-corrected chi connectivity index (χ1v) is 9.61. The predicted molar refractivity (Wildman–Crippen MR) is 77.7 cm³/mol. The largest absolute Gasteiger partial charge is 0.394 e. The molecular weight excluding hydrogens is 342 g/mol. The third-order valence-corrected chi connectivity index (χ3v) is 5.45. The summed E-state index contributed by atoms with van der Waals surface area (Å²) < 4.78 is 54.2. The quantitative estimate of drug-likeness (QED) is 0.635. The number of hydrogen-bond acceptors (Lipinski definition) is 6. The number of rotatable bonds is 8. The molecule has 0 bridgehead atoms. The predicted octanol–water partition coefficient (Wildman–Crippen LogP) is 0.0307. The Hall–Kier alpha value is -0.710. The second kappa shape index (κ2) is 7.52. The molecule has 0 heterocycles. The molecule has 10 heteroatoms. The van der Waals surface area contributed by atoms with Crippen LogP contribution in [0, 0.1) is 0 Å². The van der Waals surface area contributed by atoms with Gasteiger partial charge in [0.1, 0.15) is 4.90 Å². The summed E-state index contributed by atoms with van der Waals surface area (Å²) in [7, 11) is -7.49. The summed E-state index contributed by atoms with van der Waals surface area (Å²) in [6, 6.07) is 3.46. The van der Waals surface area contributed by atoms with Gasteiger partial charge in [-0.05, 0) is 18.2 Å². The minimum atomic E-state index is -3.95. The Morgan fingerprint density at radius 3 is 2.48 bits per heavy atom. The number of sulfone groups is 1. The molecular formula is C11H16ClNO6S2. The fourth-order valence-corrected chi connectivity index (χ4v) is 3.67. The molecule has 21 heavy (non-hydrogen) atoms. The van der Waals surface area contributed by atoms with Crippen molar-refractivity contribution >= 4 is 31.5 Å². The van der Waals surface area contributed by atoms with Gasteiger partial charge in [0.15, 0.2) is 9.84 Å². The Morgan fingerprint density at radius 2 is 1.90 bits per heavy atom. The van der Waals surface area contributed by atoms with Gasteiger partial charge in [-0.2, -0.15) is 0 Å². The molecule has 0 aromatic heterocycles. The minimum absolute atomic E-state index is 0.0260. The molecule has 0 aliphatic carbocycles. The molecule has 1 aromatic carbocycles. The van der Waals surface area contributed by atoms with Gasteiger partial charge in [0.25, 0.3) is 0 Å². The van der Waals surface area contributed by atoms with Gasteiger partial charge in [-0.1, -0.05) is 11.6 Å². The smallest absolute Gasteiger partial charge is 0.242 e. The van der Waals surface area contributed by atoms with E-state index in [9.17, 15) is 16.8 Å². The van der Waals surface area contributed by atoms with Gasteiger partial charge in [-0.25, -0.2) is 21.6 Å². The molecule has 1 aromatic rings. The topological polar surface area (TPSA) is 110 Å². The lowest BCUT2D eigenvalue weighted by Gasteiger charge is -2.10. The highest BCUT2D eigenvalue weighted by atomic mass is 35.5. The van der Waals surface area contributed by atoms with Crippen LogP contribution in [-0.4, -0.2) is 54.6 Å². The van der Waals surface area contributed by atoms with E-state index in [1.807, 2.05) is 0 Å². The summed E-state index contributed by atoms with van der Waals surface area (Å²) in [5.74, 6) is 0. The lowest BCUT2D eigenvalue weighted by molar-refractivity contribution is 0.0961. The van der Waals surface area contributed by atoms with E-state index in [1.165, 1.54) is 12.1 Å². The van der Waals surface area contributed by atoms with Crippen LogP contribution in [0.2, 0.25) is 5.02 Å². The molecule has 0 saturated heterocycles. The molecule has 1 rings (SSSR count). The zero-order valence-electron chi connectivity index (χ0n) is 11.2. The van der Waals surface area contributed by atoms with Crippen molar-refractivity contribution in [3.8, 4) is 0 Å². The van der Waals surface area contributed by atoms with Gasteiger partial charge in [0.2, 0.25) is 10.0 Å². The zero-order valence-corrected chi connectivity index (χ0v) is 13.6. The van der Waals surface area contributed by atoms with E-state index in [2.05, 4.69) is 4.72 Å². The fourth-order valence-electron chi connectivity index (χ4n) is 1.41. The zero-order chi connectivity index (χ0) is 16.1. The van der Waals surface area contributed by atoms with E-state index in [-0.39, 0.29) is 41.2 Å². The summed E-state index contributed by atoms with van der Waals surface area (Å²) in [5, 5.41) is 8.43. The van der Waals surface area contributed by atoms with Crippen molar-refractivity contribution in [2.75, 3.05) is 32.6 Å². The van der Waals surface area contributed by atoms with E-state index in [4.69, 9.17) is 21.4 Å². The highest BCUT2D eigenvalue weighted by Crippen LogP contribution is 2.24. The molecule has 0 saturated carbocycles. The van der Waals surface area contributed by atoms with Crippen molar-refractivity contribution < 1.29 is 26.7 Å². The van der Waals surface area contributed by atoms with Gasteiger partial charge in [-0.3, -0.25) is 0 Å². The molecule has 0 spiro atoms. The number of sulfonamides is 1. The monoisotopic (exact) mass is 357 g/mol. The van der Waals surface area contributed by atoms with Crippen molar-refractivity contribution in [1.82, 2.24) is 4.72 Å². The van der Waals surface area contributed by atoms with Gasteiger partial charge in [-0.15, -0.1) is 0 Å². The maximum absolute atomic E-state index is 12.1. The molecule has 0 amide bonds. The Bertz CT molecular complexity index is 687. The van der Waals surface area contributed by atoms with Crippen molar-refractivity contribution in [2.24, 2.45) is 0 Å². The first kappa shape index (κ1) is 18.3. The average Bonchev–Trinajstić information content (AvgIpc) is 2.37. The standard InChI is InChI=1S/C11H16ClNO6S2/c1-20(15,16)9-2-3-10(12)11(8-9)21(17,18)13-4-6-19-7-5-14/h2-3,8,13-14H,4-7H2,1H3. The van der Waals surface area contributed by atoms with E-state index in [0.29, 0.717) is 0 Å². The molecule has 0 aliphatic rings. The normalized spacial score (nSPS) is 12.5. The third kappa shape index (κ3) is 5.53. The molecule has 0 unspecified atom stereocenters. The van der Waals surface area contributed by atoms with Crippen molar-refractivity contribution in [3.63, 3.8) is 0 Å². The van der Waals surface area contributed by atoms with Crippen molar-refractivity contribution in [2.45, 2.75) is 9.79 Å². The van der Waals surface area contributed by atoms with Crippen molar-refractivity contribution in [1.29, 1.82) is 0 Å². The van der Waals surface area contributed by atoms with Gasteiger partial charge in [0, 0.05) is 12.8 Å². The summed E-state index contributed by atoms with van der Waals surface area (Å²) >= 11 is 5.82. The first-order valence-electron chi connectivity index (χ1n) is 5.86. The molecule has 2 N–H and O–H groups in total. The van der Waals surface area contributed by atoms with Crippen LogP contribution in [0.25, 0.3) is 0 Å². The van der Waals surface area contributed by atoms with E-state index in [1.54, 1.807) is 0 Å². The summed E-state index contributed by atoms with van der Waals surface area (Å²) in [6.45, 7) is -0.00797. The Morgan fingerprint density at radius 1 is 1.24 bits per heavy atom. The molecule has 0 radical (unpaired) electrons. The number of hydrogen-bond donors (Lipinski definition) is 2. The highest BCUT2D eigenvalue weighted by molar-refractivity contribution is 7.91. The van der Waals surface area contributed by atoms with Crippen LogP contribution >= 0.6 is 11.6 Å². The highest BCUT2D eigenvalue weighted by Gasteiger charge is 2.20. The number of aliphatic hydroxyl groups is 1. The van der Waals surface area contributed by atoms with E-state index < -0.39 is 19.9 Å².